The van der Waals surface area contributed by atoms with Crippen LogP contribution in [0.5, 0.6) is 0 Å². The number of hydrogen-bond donors (Lipinski definition) is 2. The monoisotopic (exact) mass is 512 g/mol. The van der Waals surface area contributed by atoms with Gasteiger partial charge in [-0.05, 0) is 36.1 Å². The molecule has 0 unspecified atom stereocenters. The maximum atomic E-state index is 13.6. The zero-order chi connectivity index (χ0) is 26.7. The summed E-state index contributed by atoms with van der Waals surface area (Å²) in [4.78, 5) is 33.4. The molecule has 38 heavy (non-hydrogen) atoms. The highest BCUT2D eigenvalue weighted by Crippen LogP contribution is 2.19. The summed E-state index contributed by atoms with van der Waals surface area (Å²) in [5, 5.41) is 4.10. The summed E-state index contributed by atoms with van der Waals surface area (Å²) in [6.07, 6.45) is 2.72. The third-order valence-corrected chi connectivity index (χ3v) is 6.64. The molecule has 3 aromatic carbocycles. The van der Waals surface area contributed by atoms with E-state index < -0.39 is 0 Å². The van der Waals surface area contributed by atoms with Crippen molar-refractivity contribution in [1.82, 2.24) is 20.1 Å². The zero-order valence-corrected chi connectivity index (χ0v) is 22.2. The van der Waals surface area contributed by atoms with Crippen molar-refractivity contribution >= 4 is 22.8 Å². The number of nitrogens with one attached hydrogen (secondary N) is 2. The van der Waals surface area contributed by atoms with Crippen LogP contribution in [0.4, 0.5) is 4.79 Å². The van der Waals surface area contributed by atoms with Gasteiger partial charge in [0.05, 0.1) is 6.61 Å². The second-order valence-electron chi connectivity index (χ2n) is 9.47. The van der Waals surface area contributed by atoms with E-state index in [0.29, 0.717) is 39.2 Å². The van der Waals surface area contributed by atoms with Crippen molar-refractivity contribution in [2.24, 2.45) is 0 Å². The molecule has 2 N–H and O–H groups in total. The number of aryl methyl sites for hydroxylation is 1. The predicted octanol–water partition coefficient (Wildman–Crippen LogP) is 4.91. The average molecular weight is 513 g/mol. The molecule has 3 amide bonds. The molecule has 4 aromatic rings. The third kappa shape index (κ3) is 7.46. The maximum absolute atomic E-state index is 13.6. The second-order valence-corrected chi connectivity index (χ2v) is 9.47. The summed E-state index contributed by atoms with van der Waals surface area (Å²) < 4.78 is 5.22. The van der Waals surface area contributed by atoms with Gasteiger partial charge in [-0.15, -0.1) is 0 Å². The fourth-order valence-corrected chi connectivity index (χ4v) is 4.40. The molecule has 0 bridgehead atoms. The van der Waals surface area contributed by atoms with Gasteiger partial charge in [0.1, 0.15) is 6.54 Å². The summed E-state index contributed by atoms with van der Waals surface area (Å²) in [5.74, 6) is -0.101. The van der Waals surface area contributed by atoms with Gasteiger partial charge in [-0.1, -0.05) is 78.4 Å². The molecule has 4 rings (SSSR count). The summed E-state index contributed by atoms with van der Waals surface area (Å²) in [6, 6.07) is 25.8. The average Bonchev–Trinajstić information content (AvgIpc) is 3.36. The Hall–Kier alpha value is -4.10. The molecule has 0 atom stereocenters. The number of para-hydroxylation sites is 1. The Bertz CT molecular complexity index is 1320. The number of ether oxygens (including phenoxy) is 1. The lowest BCUT2D eigenvalue weighted by molar-refractivity contribution is -0.132. The van der Waals surface area contributed by atoms with Crippen molar-refractivity contribution < 1.29 is 14.3 Å². The molecule has 0 aliphatic heterocycles. The molecular formula is C31H36N4O3. The van der Waals surface area contributed by atoms with E-state index in [1.54, 1.807) is 7.11 Å². The van der Waals surface area contributed by atoms with Crippen molar-refractivity contribution in [3.05, 3.63) is 107 Å². The number of hydrogen-bond acceptors (Lipinski definition) is 3. The van der Waals surface area contributed by atoms with Crippen molar-refractivity contribution in [2.75, 3.05) is 33.4 Å². The van der Waals surface area contributed by atoms with Crippen molar-refractivity contribution in [3.8, 4) is 0 Å². The lowest BCUT2D eigenvalue weighted by atomic mass is 10.1. The molecule has 0 saturated carbocycles. The van der Waals surface area contributed by atoms with Gasteiger partial charge in [-0.3, -0.25) is 4.79 Å². The molecule has 0 aliphatic rings. The first-order chi connectivity index (χ1) is 18.5. The topological polar surface area (TPSA) is 77.7 Å². The Morgan fingerprint density at radius 3 is 2.37 bits per heavy atom. The maximum Gasteiger partial charge on any atom is 0.318 e. The lowest BCUT2D eigenvalue weighted by Gasteiger charge is -2.28. The third-order valence-electron chi connectivity index (χ3n) is 6.64. The number of fused-ring (bicyclic) bond motifs is 1. The first-order valence-corrected chi connectivity index (χ1v) is 13.0. The quantitative estimate of drug-likeness (QED) is 0.283. The number of aromatic nitrogens is 1. The van der Waals surface area contributed by atoms with Gasteiger partial charge in [0, 0.05) is 50.4 Å². The van der Waals surface area contributed by atoms with Crippen LogP contribution in [0.3, 0.4) is 0 Å². The van der Waals surface area contributed by atoms with Crippen molar-refractivity contribution in [2.45, 2.75) is 26.4 Å². The number of methoxy groups -OCH3 is 1. The summed E-state index contributed by atoms with van der Waals surface area (Å²) >= 11 is 0. The minimum absolute atomic E-state index is 0.0241. The van der Waals surface area contributed by atoms with Crippen LogP contribution in [0.1, 0.15) is 22.3 Å². The smallest absolute Gasteiger partial charge is 0.318 e. The van der Waals surface area contributed by atoms with Crippen LogP contribution in [0.25, 0.3) is 10.9 Å². The van der Waals surface area contributed by atoms with Crippen molar-refractivity contribution in [3.63, 3.8) is 0 Å². The molecular weight excluding hydrogens is 476 g/mol. The standard InChI is InChI=1S/C31H36N4O3/c1-24-12-14-26(15-13-24)22-34(17-16-27-21-32-29-11-7-6-10-28(27)29)30(36)23-35(18-19-38-2)31(37)33-20-25-8-4-3-5-9-25/h3-15,21,32H,16-20,22-23H2,1-2H3,(H,33,37). The van der Waals surface area contributed by atoms with Gasteiger partial charge in [0.15, 0.2) is 0 Å². The largest absolute Gasteiger partial charge is 0.383 e. The van der Waals surface area contributed by atoms with Crippen LogP contribution in [0.2, 0.25) is 0 Å². The fraction of sp³-hybridized carbons (Fsp3) is 0.290. The summed E-state index contributed by atoms with van der Waals surface area (Å²) in [5.41, 5.74) is 5.48. The fourth-order valence-electron chi connectivity index (χ4n) is 4.40. The molecule has 0 spiro atoms. The molecule has 198 valence electrons. The SMILES string of the molecule is COCCN(CC(=O)N(CCc1c[nH]c2ccccc12)Cc1ccc(C)cc1)C(=O)NCc1ccccc1. The number of benzene rings is 3. The predicted molar refractivity (Wildman–Crippen MR) is 151 cm³/mol. The van der Waals surface area contributed by atoms with E-state index in [1.807, 2.05) is 60.5 Å². The van der Waals surface area contributed by atoms with E-state index in [9.17, 15) is 9.59 Å². The summed E-state index contributed by atoms with van der Waals surface area (Å²) in [7, 11) is 1.59. The van der Waals surface area contributed by atoms with Gasteiger partial charge < -0.3 is 24.8 Å². The van der Waals surface area contributed by atoms with Crippen LogP contribution in [-0.2, 0) is 29.0 Å². The minimum Gasteiger partial charge on any atom is -0.383 e. The Morgan fingerprint density at radius 1 is 0.868 bits per heavy atom. The highest BCUT2D eigenvalue weighted by Gasteiger charge is 2.22. The first kappa shape index (κ1) is 26.9. The van der Waals surface area contributed by atoms with Crippen LogP contribution < -0.4 is 5.32 Å². The Morgan fingerprint density at radius 2 is 1.61 bits per heavy atom. The highest BCUT2D eigenvalue weighted by molar-refractivity contribution is 5.85. The van der Waals surface area contributed by atoms with Gasteiger partial charge in [0.25, 0.3) is 0 Å². The van der Waals surface area contributed by atoms with Crippen LogP contribution >= 0.6 is 0 Å². The Labute approximate surface area is 224 Å². The highest BCUT2D eigenvalue weighted by atomic mass is 16.5. The molecule has 7 heteroatoms. The van der Waals surface area contributed by atoms with Crippen LogP contribution in [0, 0.1) is 6.92 Å². The number of H-pyrrole nitrogens is 1. The van der Waals surface area contributed by atoms with Crippen molar-refractivity contribution in [1.29, 1.82) is 0 Å². The second kappa shape index (κ2) is 13.4. The van der Waals surface area contributed by atoms with Crippen LogP contribution in [0.15, 0.2) is 85.1 Å². The number of aromatic amines is 1. The zero-order valence-electron chi connectivity index (χ0n) is 22.2. The number of nitrogens with zero attached hydrogens (tertiary/aromatic N) is 2. The molecule has 0 aliphatic carbocycles. The van der Waals surface area contributed by atoms with E-state index in [2.05, 4.69) is 46.7 Å². The molecule has 0 fully saturated rings. The molecule has 1 aromatic heterocycles. The molecule has 1 heterocycles. The number of rotatable bonds is 12. The number of amides is 3. The number of carbonyl (C=O) groups is 2. The van der Waals surface area contributed by atoms with E-state index >= 15 is 0 Å². The van der Waals surface area contributed by atoms with E-state index in [4.69, 9.17) is 4.74 Å². The van der Waals surface area contributed by atoms with E-state index in [0.717, 1.165) is 22.0 Å². The summed E-state index contributed by atoms with van der Waals surface area (Å²) in [6.45, 7) is 4.10. The van der Waals surface area contributed by atoms with E-state index in [1.165, 1.54) is 16.0 Å². The van der Waals surface area contributed by atoms with Crippen LogP contribution in [-0.4, -0.2) is 60.1 Å². The molecule has 0 saturated heterocycles. The van der Waals surface area contributed by atoms with Gasteiger partial charge in [-0.2, -0.15) is 0 Å². The number of carbonyl (C=O) groups excluding carboxylic acids is 2. The molecule has 0 radical (unpaired) electrons. The Kier molecular flexibility index (Phi) is 9.54. The van der Waals surface area contributed by atoms with Gasteiger partial charge in [-0.25, -0.2) is 4.79 Å². The molecule has 7 nitrogen and oxygen atoms in total. The normalized spacial score (nSPS) is 10.9. The first-order valence-electron chi connectivity index (χ1n) is 13.0. The lowest BCUT2D eigenvalue weighted by Crippen LogP contribution is -2.48. The van der Waals surface area contributed by atoms with Gasteiger partial charge >= 0.3 is 6.03 Å². The number of urea groups is 1. The Balaban J connectivity index is 1.47. The van der Waals surface area contributed by atoms with E-state index in [-0.39, 0.29) is 18.5 Å². The van der Waals surface area contributed by atoms with Gasteiger partial charge in [0.2, 0.25) is 5.91 Å². The minimum atomic E-state index is -0.286.